The largest absolute Gasteiger partial charge is 0.341 e. The van der Waals surface area contributed by atoms with Gasteiger partial charge >= 0.3 is 0 Å². The Morgan fingerprint density at radius 3 is 2.30 bits per heavy atom. The van der Waals surface area contributed by atoms with Crippen LogP contribution in [0, 0.1) is 0 Å². The van der Waals surface area contributed by atoms with E-state index in [-0.39, 0.29) is 10.3 Å². The topological polar surface area (TPSA) is 88.8 Å². The fraction of sp³-hybridized carbons (Fsp3) is 0.500. The standard InChI is InChI=1S/C14H21N3O2S/c1-13(2,14(3,4)15)12-16-10-7-6-9(20(5,18)19)8-11(10)17-12/h6-8H,15H2,1-5H3,(H,16,17). The van der Waals surface area contributed by atoms with Gasteiger partial charge in [0.05, 0.1) is 15.9 Å². The van der Waals surface area contributed by atoms with Crippen LogP contribution in [0.3, 0.4) is 0 Å². The molecular weight excluding hydrogens is 274 g/mol. The maximum absolute atomic E-state index is 11.6. The van der Waals surface area contributed by atoms with Crippen molar-refractivity contribution in [2.75, 3.05) is 6.26 Å². The molecule has 6 heteroatoms. The number of rotatable bonds is 3. The van der Waals surface area contributed by atoms with Gasteiger partial charge in [-0.2, -0.15) is 0 Å². The van der Waals surface area contributed by atoms with Gasteiger partial charge in [0.2, 0.25) is 0 Å². The van der Waals surface area contributed by atoms with Crippen LogP contribution in [0.2, 0.25) is 0 Å². The molecule has 0 atom stereocenters. The number of nitrogens with zero attached hydrogens (tertiary/aromatic N) is 1. The smallest absolute Gasteiger partial charge is 0.175 e. The van der Waals surface area contributed by atoms with Crippen LogP contribution in [0.5, 0.6) is 0 Å². The molecule has 0 saturated carbocycles. The Morgan fingerprint density at radius 2 is 1.80 bits per heavy atom. The van der Waals surface area contributed by atoms with Crippen molar-refractivity contribution in [1.29, 1.82) is 0 Å². The van der Waals surface area contributed by atoms with Crippen LogP contribution < -0.4 is 5.73 Å². The SMILES string of the molecule is CC(C)(N)C(C)(C)c1nc2ccc(S(C)(=O)=O)cc2[nH]1. The zero-order valence-electron chi connectivity index (χ0n) is 12.5. The number of nitrogens with two attached hydrogens (primary N) is 1. The summed E-state index contributed by atoms with van der Waals surface area (Å²) < 4.78 is 23.2. The number of H-pyrrole nitrogens is 1. The fourth-order valence-electron chi connectivity index (χ4n) is 1.82. The van der Waals surface area contributed by atoms with Gasteiger partial charge in [-0.3, -0.25) is 0 Å². The number of fused-ring (bicyclic) bond motifs is 1. The van der Waals surface area contributed by atoms with Crippen molar-refractivity contribution in [3.8, 4) is 0 Å². The average molecular weight is 295 g/mol. The summed E-state index contributed by atoms with van der Waals surface area (Å²) in [7, 11) is -3.22. The average Bonchev–Trinajstić information content (AvgIpc) is 2.68. The second-order valence-electron chi connectivity index (χ2n) is 6.38. The molecule has 0 aliphatic heterocycles. The van der Waals surface area contributed by atoms with Gasteiger partial charge in [-0.05, 0) is 32.0 Å². The lowest BCUT2D eigenvalue weighted by molar-refractivity contribution is 0.293. The van der Waals surface area contributed by atoms with Gasteiger partial charge < -0.3 is 10.7 Å². The summed E-state index contributed by atoms with van der Waals surface area (Å²) in [5, 5.41) is 0. The van der Waals surface area contributed by atoms with Gasteiger partial charge in [0.15, 0.2) is 9.84 Å². The summed E-state index contributed by atoms with van der Waals surface area (Å²) in [5.41, 5.74) is 6.84. The predicted molar refractivity (Wildman–Crippen MR) is 80.5 cm³/mol. The molecule has 1 aromatic heterocycles. The number of hydrogen-bond acceptors (Lipinski definition) is 4. The zero-order chi connectivity index (χ0) is 15.3. The summed E-state index contributed by atoms with van der Waals surface area (Å²) in [6.07, 6.45) is 1.19. The highest BCUT2D eigenvalue weighted by atomic mass is 32.2. The molecule has 0 saturated heterocycles. The molecular formula is C14H21N3O2S. The third-order valence-corrected chi connectivity index (χ3v) is 5.19. The van der Waals surface area contributed by atoms with Gasteiger partial charge in [-0.25, -0.2) is 13.4 Å². The van der Waals surface area contributed by atoms with Crippen molar-refractivity contribution in [3.63, 3.8) is 0 Å². The Balaban J connectivity index is 2.61. The van der Waals surface area contributed by atoms with Crippen LogP contribution in [0.4, 0.5) is 0 Å². The van der Waals surface area contributed by atoms with Crippen LogP contribution in [-0.4, -0.2) is 30.2 Å². The molecule has 2 rings (SSSR count). The lowest BCUT2D eigenvalue weighted by Crippen LogP contribution is -2.50. The zero-order valence-corrected chi connectivity index (χ0v) is 13.3. The first-order valence-corrected chi connectivity index (χ1v) is 8.31. The molecule has 0 radical (unpaired) electrons. The number of aromatic nitrogens is 2. The van der Waals surface area contributed by atoms with Crippen LogP contribution >= 0.6 is 0 Å². The number of imidazole rings is 1. The Labute approximate surface area is 119 Å². The number of nitrogens with one attached hydrogen (secondary N) is 1. The van der Waals surface area contributed by atoms with E-state index >= 15 is 0 Å². The lowest BCUT2D eigenvalue weighted by atomic mass is 9.74. The van der Waals surface area contributed by atoms with E-state index in [4.69, 9.17) is 5.73 Å². The minimum Gasteiger partial charge on any atom is -0.341 e. The predicted octanol–water partition coefficient (Wildman–Crippen LogP) is 1.98. The Kier molecular flexibility index (Phi) is 3.22. The maximum atomic E-state index is 11.6. The highest BCUT2D eigenvalue weighted by Gasteiger charge is 2.37. The molecule has 0 fully saturated rings. The summed E-state index contributed by atoms with van der Waals surface area (Å²) in [4.78, 5) is 8.03. The summed E-state index contributed by atoms with van der Waals surface area (Å²) in [5.74, 6) is 0.755. The van der Waals surface area contributed by atoms with Crippen LogP contribution in [0.25, 0.3) is 11.0 Å². The second-order valence-corrected chi connectivity index (χ2v) is 8.40. The maximum Gasteiger partial charge on any atom is 0.175 e. The minimum absolute atomic E-state index is 0.282. The molecule has 0 aliphatic carbocycles. The van der Waals surface area contributed by atoms with E-state index in [1.54, 1.807) is 18.2 Å². The first-order valence-electron chi connectivity index (χ1n) is 6.42. The Bertz CT molecular complexity index is 752. The number of sulfone groups is 1. The first kappa shape index (κ1) is 15.0. The molecule has 20 heavy (non-hydrogen) atoms. The van der Waals surface area contributed by atoms with E-state index in [0.717, 1.165) is 11.3 Å². The van der Waals surface area contributed by atoms with E-state index < -0.39 is 15.4 Å². The second kappa shape index (κ2) is 4.30. The van der Waals surface area contributed by atoms with E-state index in [1.165, 1.54) is 6.26 Å². The molecule has 110 valence electrons. The van der Waals surface area contributed by atoms with Gasteiger partial charge in [0.25, 0.3) is 0 Å². The van der Waals surface area contributed by atoms with Gasteiger partial charge in [0.1, 0.15) is 5.82 Å². The van der Waals surface area contributed by atoms with E-state index in [0.29, 0.717) is 5.52 Å². The van der Waals surface area contributed by atoms with Crippen LogP contribution in [0.15, 0.2) is 23.1 Å². The molecule has 0 amide bonds. The molecule has 2 aromatic rings. The van der Waals surface area contributed by atoms with Crippen molar-refractivity contribution < 1.29 is 8.42 Å². The number of aromatic amines is 1. The van der Waals surface area contributed by atoms with Crippen LogP contribution in [0.1, 0.15) is 33.5 Å². The summed E-state index contributed by atoms with van der Waals surface area (Å²) in [6.45, 7) is 7.93. The molecule has 1 aromatic carbocycles. The first-order chi connectivity index (χ1) is 8.93. The lowest BCUT2D eigenvalue weighted by Gasteiger charge is -2.36. The van der Waals surface area contributed by atoms with Crippen molar-refractivity contribution >= 4 is 20.9 Å². The van der Waals surface area contributed by atoms with E-state index in [2.05, 4.69) is 9.97 Å². The molecule has 1 heterocycles. The normalized spacial score (nSPS) is 13.9. The highest BCUT2D eigenvalue weighted by molar-refractivity contribution is 7.90. The van der Waals surface area contributed by atoms with Gasteiger partial charge in [0, 0.05) is 17.2 Å². The Morgan fingerprint density at radius 1 is 1.20 bits per heavy atom. The third kappa shape index (κ3) is 2.45. The summed E-state index contributed by atoms with van der Waals surface area (Å²) >= 11 is 0. The van der Waals surface area contributed by atoms with Crippen molar-refractivity contribution in [2.45, 2.75) is 43.5 Å². The molecule has 5 nitrogen and oxygen atoms in total. The molecule has 0 aliphatic rings. The molecule has 0 unspecified atom stereocenters. The highest BCUT2D eigenvalue weighted by Crippen LogP contribution is 2.32. The van der Waals surface area contributed by atoms with Gasteiger partial charge in [-0.15, -0.1) is 0 Å². The fourth-order valence-corrected chi connectivity index (χ4v) is 2.47. The number of hydrogen-bond donors (Lipinski definition) is 2. The van der Waals surface area contributed by atoms with Crippen molar-refractivity contribution in [1.82, 2.24) is 9.97 Å². The van der Waals surface area contributed by atoms with Gasteiger partial charge in [-0.1, -0.05) is 13.8 Å². The summed E-state index contributed by atoms with van der Waals surface area (Å²) in [6, 6.07) is 4.90. The van der Waals surface area contributed by atoms with Crippen molar-refractivity contribution in [3.05, 3.63) is 24.0 Å². The molecule has 0 spiro atoms. The Hall–Kier alpha value is -1.40. The monoisotopic (exact) mass is 295 g/mol. The molecule has 0 bridgehead atoms. The molecule has 3 N–H and O–H groups in total. The van der Waals surface area contributed by atoms with Crippen LogP contribution in [-0.2, 0) is 15.3 Å². The minimum atomic E-state index is -3.22. The quantitative estimate of drug-likeness (QED) is 0.906. The third-order valence-electron chi connectivity index (χ3n) is 4.08. The van der Waals surface area contributed by atoms with Crippen molar-refractivity contribution in [2.24, 2.45) is 5.73 Å². The van der Waals surface area contributed by atoms with E-state index in [9.17, 15) is 8.42 Å². The number of benzene rings is 1. The van der Waals surface area contributed by atoms with E-state index in [1.807, 2.05) is 27.7 Å².